The number of aliphatic hydroxyl groups excluding tert-OH is 1. The summed E-state index contributed by atoms with van der Waals surface area (Å²) >= 11 is 11.9. The molecule has 1 aliphatic heterocycles. The van der Waals surface area contributed by atoms with Crippen molar-refractivity contribution in [3.63, 3.8) is 0 Å². The van der Waals surface area contributed by atoms with Crippen LogP contribution in [0, 0.1) is 0 Å². The molecule has 4 aromatic rings. The van der Waals surface area contributed by atoms with Gasteiger partial charge in [0.05, 0.1) is 32.3 Å². The van der Waals surface area contributed by atoms with Gasteiger partial charge in [0, 0.05) is 30.9 Å². The van der Waals surface area contributed by atoms with Crippen LogP contribution in [0.25, 0.3) is 22.2 Å². The second-order valence-electron chi connectivity index (χ2n) is 9.25. The SMILES string of the molecule is Cn1c(-c2ccccc2)c(C(=O)COC(=O)[C@H]2C[C@@H](O)CN2S(=O)(=O)c2ccc(Cl)c(Cl)c2)c2ccccc21. The fourth-order valence-electron chi connectivity index (χ4n) is 4.95. The van der Waals surface area contributed by atoms with E-state index in [1.807, 2.05) is 66.2 Å². The fourth-order valence-corrected chi connectivity index (χ4v) is 6.97. The number of aryl methyl sites for hydroxylation is 1. The number of ketones is 1. The van der Waals surface area contributed by atoms with Gasteiger partial charge in [-0.1, -0.05) is 71.7 Å². The lowest BCUT2D eigenvalue weighted by Gasteiger charge is -2.22. The number of Topliss-reactive ketones (excluding diaryl/α,β-unsaturated/α-hetero) is 1. The quantitative estimate of drug-likeness (QED) is 0.248. The van der Waals surface area contributed by atoms with Crippen LogP contribution >= 0.6 is 23.2 Å². The predicted molar refractivity (Wildman–Crippen MR) is 148 cm³/mol. The van der Waals surface area contributed by atoms with Gasteiger partial charge in [-0.05, 0) is 29.8 Å². The van der Waals surface area contributed by atoms with Crippen molar-refractivity contribution in [1.82, 2.24) is 8.87 Å². The Morgan fingerprint density at radius 3 is 2.41 bits per heavy atom. The first-order valence-corrected chi connectivity index (χ1v) is 14.3. The molecule has 2 atom stereocenters. The first-order chi connectivity index (χ1) is 18.6. The number of ether oxygens (including phenoxy) is 1. The molecular formula is C28H24Cl2N2O6S. The number of aliphatic hydroxyl groups is 1. The largest absolute Gasteiger partial charge is 0.456 e. The van der Waals surface area contributed by atoms with Crippen molar-refractivity contribution in [1.29, 1.82) is 0 Å². The zero-order valence-corrected chi connectivity index (χ0v) is 23.1. The van der Waals surface area contributed by atoms with E-state index in [2.05, 4.69) is 0 Å². The third-order valence-corrected chi connectivity index (χ3v) is 9.39. The van der Waals surface area contributed by atoms with E-state index in [-0.39, 0.29) is 27.9 Å². The van der Waals surface area contributed by atoms with Gasteiger partial charge in [-0.15, -0.1) is 0 Å². The highest BCUT2D eigenvalue weighted by Crippen LogP contribution is 2.34. The smallest absolute Gasteiger partial charge is 0.325 e. The molecule has 1 saturated heterocycles. The standard InChI is InChI=1S/C28H24Cl2N2O6S/c1-31-23-10-6-5-9-20(23)26(27(31)17-7-3-2-4-8-17)25(34)16-38-28(35)24-13-18(33)15-32(24)39(36,37)19-11-12-21(29)22(30)14-19/h2-12,14,18,24,33H,13,15-16H2,1H3/t18-,24-/m1/s1. The van der Waals surface area contributed by atoms with E-state index in [0.29, 0.717) is 16.6 Å². The molecule has 0 spiro atoms. The average Bonchev–Trinajstić information content (AvgIpc) is 3.47. The summed E-state index contributed by atoms with van der Waals surface area (Å²) in [5, 5.41) is 11.2. The van der Waals surface area contributed by atoms with E-state index < -0.39 is 40.5 Å². The Labute approximate surface area is 235 Å². The van der Waals surface area contributed by atoms with Crippen LogP contribution in [-0.2, 0) is 26.6 Å². The Balaban J connectivity index is 1.41. The van der Waals surface area contributed by atoms with Crippen LogP contribution in [0.2, 0.25) is 10.0 Å². The number of β-amino-alcohol motifs (C(OH)–C–C–N with tert-alkyl or cyclic N) is 1. The van der Waals surface area contributed by atoms with Gasteiger partial charge in [0.1, 0.15) is 6.04 Å². The van der Waals surface area contributed by atoms with Crippen molar-refractivity contribution < 1.29 is 27.9 Å². The number of benzene rings is 3. The van der Waals surface area contributed by atoms with E-state index >= 15 is 0 Å². The molecule has 0 bridgehead atoms. The Bertz CT molecular complexity index is 1690. The number of sulfonamides is 1. The molecule has 202 valence electrons. The maximum atomic E-state index is 13.5. The Morgan fingerprint density at radius 1 is 1.00 bits per heavy atom. The molecule has 0 aliphatic carbocycles. The predicted octanol–water partition coefficient (Wildman–Crippen LogP) is 4.70. The number of hydrogen-bond acceptors (Lipinski definition) is 6. The maximum Gasteiger partial charge on any atom is 0.325 e. The maximum absolute atomic E-state index is 13.5. The molecule has 2 heterocycles. The van der Waals surface area contributed by atoms with E-state index in [4.69, 9.17) is 27.9 Å². The van der Waals surface area contributed by atoms with E-state index in [9.17, 15) is 23.1 Å². The molecule has 0 unspecified atom stereocenters. The van der Waals surface area contributed by atoms with Gasteiger partial charge < -0.3 is 14.4 Å². The second-order valence-corrected chi connectivity index (χ2v) is 12.0. The molecule has 1 N–H and O–H groups in total. The molecule has 0 amide bonds. The van der Waals surface area contributed by atoms with Crippen molar-refractivity contribution >= 4 is 55.9 Å². The molecule has 39 heavy (non-hydrogen) atoms. The fraction of sp³-hybridized carbons (Fsp3) is 0.214. The minimum absolute atomic E-state index is 0.0338. The van der Waals surface area contributed by atoms with Gasteiger partial charge >= 0.3 is 5.97 Å². The Kier molecular flexibility index (Phi) is 7.54. The van der Waals surface area contributed by atoms with Crippen LogP contribution in [0.5, 0.6) is 0 Å². The first kappa shape index (κ1) is 27.4. The van der Waals surface area contributed by atoms with Gasteiger partial charge in [0.2, 0.25) is 15.8 Å². The van der Waals surface area contributed by atoms with Crippen molar-refractivity contribution in [3.05, 3.63) is 88.4 Å². The summed E-state index contributed by atoms with van der Waals surface area (Å²) < 4.78 is 34.8. The summed E-state index contributed by atoms with van der Waals surface area (Å²) in [5.74, 6) is -1.36. The van der Waals surface area contributed by atoms with E-state index in [1.165, 1.54) is 18.2 Å². The first-order valence-electron chi connectivity index (χ1n) is 12.1. The lowest BCUT2D eigenvalue weighted by atomic mass is 10.0. The lowest BCUT2D eigenvalue weighted by Crippen LogP contribution is -2.41. The highest BCUT2D eigenvalue weighted by atomic mass is 35.5. The van der Waals surface area contributed by atoms with Gasteiger partial charge in [-0.25, -0.2) is 8.42 Å². The summed E-state index contributed by atoms with van der Waals surface area (Å²) in [5.41, 5.74) is 2.74. The number of para-hydroxylation sites is 1. The molecule has 0 saturated carbocycles. The zero-order chi connectivity index (χ0) is 27.9. The molecule has 1 aromatic heterocycles. The highest BCUT2D eigenvalue weighted by molar-refractivity contribution is 7.89. The molecular weight excluding hydrogens is 563 g/mol. The molecule has 5 rings (SSSR count). The van der Waals surface area contributed by atoms with Crippen LogP contribution in [-0.4, -0.2) is 59.4 Å². The van der Waals surface area contributed by atoms with Gasteiger partial charge in [0.25, 0.3) is 0 Å². The summed E-state index contributed by atoms with van der Waals surface area (Å²) in [6.45, 7) is -0.905. The molecule has 0 radical (unpaired) electrons. The molecule has 11 heteroatoms. The third kappa shape index (κ3) is 5.08. The van der Waals surface area contributed by atoms with Gasteiger partial charge in [-0.2, -0.15) is 4.31 Å². The number of carbonyl (C=O) groups is 2. The molecule has 8 nitrogen and oxygen atoms in total. The van der Waals surface area contributed by atoms with Crippen molar-refractivity contribution in [2.45, 2.75) is 23.5 Å². The number of carbonyl (C=O) groups excluding carboxylic acids is 2. The van der Waals surface area contributed by atoms with Crippen LogP contribution in [0.1, 0.15) is 16.8 Å². The summed E-state index contributed by atoms with van der Waals surface area (Å²) in [4.78, 5) is 26.5. The second kappa shape index (κ2) is 10.7. The number of hydrogen-bond donors (Lipinski definition) is 1. The normalized spacial score (nSPS) is 17.9. The number of halogens is 2. The number of nitrogens with zero attached hydrogens (tertiary/aromatic N) is 2. The number of aromatic nitrogens is 1. The van der Waals surface area contributed by atoms with E-state index in [1.54, 1.807) is 0 Å². The average molecular weight is 587 g/mol. The molecule has 3 aromatic carbocycles. The minimum Gasteiger partial charge on any atom is -0.456 e. The van der Waals surface area contributed by atoms with Crippen molar-refractivity contribution in [3.8, 4) is 11.3 Å². The van der Waals surface area contributed by atoms with Crippen LogP contribution in [0.3, 0.4) is 0 Å². The number of fused-ring (bicyclic) bond motifs is 1. The highest BCUT2D eigenvalue weighted by Gasteiger charge is 2.44. The number of esters is 1. The monoisotopic (exact) mass is 586 g/mol. The zero-order valence-electron chi connectivity index (χ0n) is 20.8. The number of rotatable bonds is 7. The van der Waals surface area contributed by atoms with Crippen molar-refractivity contribution in [2.24, 2.45) is 7.05 Å². The van der Waals surface area contributed by atoms with Crippen LogP contribution < -0.4 is 0 Å². The topological polar surface area (TPSA) is 106 Å². The summed E-state index contributed by atoms with van der Waals surface area (Å²) in [6.07, 6.45) is -1.25. The summed E-state index contributed by atoms with van der Waals surface area (Å²) in [7, 11) is -2.36. The van der Waals surface area contributed by atoms with E-state index in [0.717, 1.165) is 15.4 Å². The Morgan fingerprint density at radius 2 is 1.69 bits per heavy atom. The van der Waals surface area contributed by atoms with Crippen molar-refractivity contribution in [2.75, 3.05) is 13.2 Å². The molecule has 1 fully saturated rings. The minimum atomic E-state index is -4.22. The Hall–Kier alpha value is -3.21. The lowest BCUT2D eigenvalue weighted by molar-refractivity contribution is -0.146. The van der Waals surface area contributed by atoms with Crippen LogP contribution in [0.15, 0.2) is 77.7 Å². The third-order valence-electron chi connectivity index (χ3n) is 6.78. The summed E-state index contributed by atoms with van der Waals surface area (Å²) in [6, 6.07) is 19.3. The molecule has 1 aliphatic rings. The van der Waals surface area contributed by atoms with Gasteiger partial charge in [-0.3, -0.25) is 9.59 Å². The van der Waals surface area contributed by atoms with Gasteiger partial charge in [0.15, 0.2) is 6.61 Å². The van der Waals surface area contributed by atoms with Crippen LogP contribution in [0.4, 0.5) is 0 Å².